The minimum absolute atomic E-state index is 0.169. The first-order valence-electron chi connectivity index (χ1n) is 5.33. The van der Waals surface area contributed by atoms with Crippen LogP contribution in [0.15, 0.2) is 24.3 Å². The second-order valence-electron chi connectivity index (χ2n) is 3.93. The molecular weight excluding hydrogens is 204 g/mol. The highest BCUT2D eigenvalue weighted by Gasteiger charge is 2.20. The Morgan fingerprint density at radius 2 is 1.88 bits per heavy atom. The molecule has 1 aliphatic rings. The predicted octanol–water partition coefficient (Wildman–Crippen LogP) is 0.974. The van der Waals surface area contributed by atoms with E-state index in [0.29, 0.717) is 6.54 Å². The Kier molecular flexibility index (Phi) is 2.99. The summed E-state index contributed by atoms with van der Waals surface area (Å²) in [5.41, 5.74) is 1.07. The van der Waals surface area contributed by atoms with E-state index in [0.717, 1.165) is 24.5 Å². The Bertz CT molecular complexity index is 375. The van der Waals surface area contributed by atoms with Crippen LogP contribution < -0.4 is 9.64 Å². The molecular formula is C12H16N2O2. The number of nitrogens with zero attached hydrogens (tertiary/aromatic N) is 2. The number of hydrogen-bond acceptors (Lipinski definition) is 3. The Morgan fingerprint density at radius 3 is 2.44 bits per heavy atom. The highest BCUT2D eigenvalue weighted by Crippen LogP contribution is 2.20. The maximum absolute atomic E-state index is 11.6. The van der Waals surface area contributed by atoms with E-state index >= 15 is 0 Å². The zero-order valence-corrected chi connectivity index (χ0v) is 9.64. The van der Waals surface area contributed by atoms with E-state index < -0.39 is 0 Å². The van der Waals surface area contributed by atoms with Gasteiger partial charge in [-0.1, -0.05) is 0 Å². The molecule has 0 N–H and O–H groups in total. The fraction of sp³-hybridized carbons (Fsp3) is 0.417. The Morgan fingerprint density at radius 1 is 1.19 bits per heavy atom. The van der Waals surface area contributed by atoms with Crippen molar-refractivity contribution in [2.75, 3.05) is 38.7 Å². The summed E-state index contributed by atoms with van der Waals surface area (Å²) in [6.45, 7) is 2.13. The van der Waals surface area contributed by atoms with Crippen molar-refractivity contribution in [3.63, 3.8) is 0 Å². The van der Waals surface area contributed by atoms with Crippen LogP contribution in [0.4, 0.5) is 5.69 Å². The van der Waals surface area contributed by atoms with Gasteiger partial charge in [0, 0.05) is 25.8 Å². The number of ether oxygens (including phenoxy) is 1. The molecule has 0 saturated carbocycles. The first kappa shape index (κ1) is 10.8. The largest absolute Gasteiger partial charge is 0.497 e. The van der Waals surface area contributed by atoms with Crippen molar-refractivity contribution < 1.29 is 9.53 Å². The molecule has 0 atom stereocenters. The molecule has 4 heteroatoms. The van der Waals surface area contributed by atoms with Crippen LogP contribution in [-0.4, -0.2) is 44.6 Å². The van der Waals surface area contributed by atoms with E-state index in [-0.39, 0.29) is 5.91 Å². The van der Waals surface area contributed by atoms with Crippen LogP contribution in [-0.2, 0) is 4.79 Å². The summed E-state index contributed by atoms with van der Waals surface area (Å²) in [4.78, 5) is 15.4. The topological polar surface area (TPSA) is 32.8 Å². The van der Waals surface area contributed by atoms with E-state index in [1.807, 2.05) is 31.3 Å². The molecule has 0 radical (unpaired) electrons. The molecule has 4 nitrogen and oxygen atoms in total. The highest BCUT2D eigenvalue weighted by molar-refractivity contribution is 5.82. The zero-order valence-electron chi connectivity index (χ0n) is 9.64. The average Bonchev–Trinajstić information content (AvgIpc) is 2.33. The average molecular weight is 220 g/mol. The van der Waals surface area contributed by atoms with Crippen LogP contribution in [0, 0.1) is 0 Å². The number of hydrogen-bond donors (Lipinski definition) is 0. The molecule has 16 heavy (non-hydrogen) atoms. The van der Waals surface area contributed by atoms with Gasteiger partial charge >= 0.3 is 0 Å². The van der Waals surface area contributed by atoms with Crippen LogP contribution in [0.25, 0.3) is 0 Å². The molecule has 86 valence electrons. The third-order valence-electron chi connectivity index (χ3n) is 2.89. The lowest BCUT2D eigenvalue weighted by Gasteiger charge is -2.33. The molecule has 0 bridgehead atoms. The van der Waals surface area contributed by atoms with Gasteiger partial charge in [-0.25, -0.2) is 0 Å². The number of anilines is 1. The number of methoxy groups -OCH3 is 1. The number of piperazine rings is 1. The number of carbonyl (C=O) groups is 1. The fourth-order valence-corrected chi connectivity index (χ4v) is 1.77. The first-order valence-corrected chi connectivity index (χ1v) is 5.33. The summed E-state index contributed by atoms with van der Waals surface area (Å²) < 4.78 is 5.10. The minimum Gasteiger partial charge on any atom is -0.497 e. The van der Waals surface area contributed by atoms with Crippen molar-refractivity contribution in [2.45, 2.75) is 0 Å². The molecule has 2 rings (SSSR count). The van der Waals surface area contributed by atoms with Crippen LogP contribution in [0.5, 0.6) is 5.75 Å². The lowest BCUT2D eigenvalue weighted by atomic mass is 10.2. The molecule has 0 aromatic heterocycles. The summed E-state index contributed by atoms with van der Waals surface area (Å²) in [5, 5.41) is 0. The standard InChI is InChI=1S/C12H16N2O2/c1-13-7-8-14(9-12(13)15)10-3-5-11(16-2)6-4-10/h3-6H,7-9H2,1-2H3. The Balaban J connectivity index is 2.09. The Hall–Kier alpha value is -1.71. The molecule has 1 fully saturated rings. The van der Waals surface area contributed by atoms with Gasteiger partial charge in [-0.15, -0.1) is 0 Å². The lowest BCUT2D eigenvalue weighted by Crippen LogP contribution is -2.48. The number of benzene rings is 1. The summed E-state index contributed by atoms with van der Waals surface area (Å²) >= 11 is 0. The molecule has 1 amide bonds. The second kappa shape index (κ2) is 4.43. The zero-order chi connectivity index (χ0) is 11.5. The van der Waals surface area contributed by atoms with E-state index in [1.165, 1.54) is 0 Å². The van der Waals surface area contributed by atoms with Crippen molar-refractivity contribution in [1.82, 2.24) is 4.90 Å². The van der Waals surface area contributed by atoms with Crippen LogP contribution in [0.2, 0.25) is 0 Å². The normalized spacial score (nSPS) is 16.5. The summed E-state index contributed by atoms with van der Waals surface area (Å²) in [7, 11) is 3.49. The maximum atomic E-state index is 11.6. The van der Waals surface area contributed by atoms with E-state index in [9.17, 15) is 4.79 Å². The molecule has 1 heterocycles. The molecule has 1 saturated heterocycles. The Labute approximate surface area is 95.4 Å². The van der Waals surface area contributed by atoms with Crippen molar-refractivity contribution in [2.24, 2.45) is 0 Å². The monoisotopic (exact) mass is 220 g/mol. The SMILES string of the molecule is COc1ccc(N2CCN(C)C(=O)C2)cc1. The van der Waals surface area contributed by atoms with E-state index in [1.54, 1.807) is 12.0 Å². The van der Waals surface area contributed by atoms with Crippen molar-refractivity contribution in [1.29, 1.82) is 0 Å². The third-order valence-corrected chi connectivity index (χ3v) is 2.89. The quantitative estimate of drug-likeness (QED) is 0.744. The highest BCUT2D eigenvalue weighted by atomic mass is 16.5. The molecule has 1 aromatic rings. The fourth-order valence-electron chi connectivity index (χ4n) is 1.77. The van der Waals surface area contributed by atoms with E-state index in [4.69, 9.17) is 4.74 Å². The van der Waals surface area contributed by atoms with Gasteiger partial charge in [0.2, 0.25) is 5.91 Å². The van der Waals surface area contributed by atoms with Gasteiger partial charge in [-0.05, 0) is 24.3 Å². The molecule has 0 unspecified atom stereocenters. The van der Waals surface area contributed by atoms with Gasteiger partial charge in [0.25, 0.3) is 0 Å². The number of carbonyl (C=O) groups excluding carboxylic acids is 1. The summed E-state index contributed by atoms with van der Waals surface area (Å²) in [5.74, 6) is 1.01. The van der Waals surface area contributed by atoms with Crippen molar-refractivity contribution >= 4 is 11.6 Å². The molecule has 1 aromatic carbocycles. The maximum Gasteiger partial charge on any atom is 0.241 e. The lowest BCUT2D eigenvalue weighted by molar-refractivity contribution is -0.129. The van der Waals surface area contributed by atoms with Crippen molar-refractivity contribution in [3.05, 3.63) is 24.3 Å². The predicted molar refractivity (Wildman–Crippen MR) is 62.8 cm³/mol. The van der Waals surface area contributed by atoms with Crippen LogP contribution in [0.1, 0.15) is 0 Å². The van der Waals surface area contributed by atoms with Gasteiger partial charge < -0.3 is 14.5 Å². The summed E-state index contributed by atoms with van der Waals surface area (Å²) in [6, 6.07) is 7.80. The van der Waals surface area contributed by atoms with E-state index in [2.05, 4.69) is 4.90 Å². The van der Waals surface area contributed by atoms with Crippen LogP contribution >= 0.6 is 0 Å². The van der Waals surface area contributed by atoms with Crippen molar-refractivity contribution in [3.8, 4) is 5.75 Å². The first-order chi connectivity index (χ1) is 7.70. The number of amides is 1. The molecule has 0 spiro atoms. The van der Waals surface area contributed by atoms with Gasteiger partial charge in [-0.2, -0.15) is 0 Å². The smallest absolute Gasteiger partial charge is 0.241 e. The molecule has 0 aliphatic carbocycles. The van der Waals surface area contributed by atoms with Crippen LogP contribution in [0.3, 0.4) is 0 Å². The third kappa shape index (κ3) is 2.10. The minimum atomic E-state index is 0.169. The number of likely N-dealkylation sites (N-methyl/N-ethyl adjacent to an activating group) is 1. The van der Waals surface area contributed by atoms with Gasteiger partial charge in [0.05, 0.1) is 13.7 Å². The second-order valence-corrected chi connectivity index (χ2v) is 3.93. The summed E-state index contributed by atoms with van der Waals surface area (Å²) in [6.07, 6.45) is 0. The molecule has 1 aliphatic heterocycles. The van der Waals surface area contributed by atoms with Gasteiger partial charge in [0.15, 0.2) is 0 Å². The van der Waals surface area contributed by atoms with Gasteiger partial charge in [0.1, 0.15) is 5.75 Å². The van der Waals surface area contributed by atoms with Gasteiger partial charge in [-0.3, -0.25) is 4.79 Å². The number of rotatable bonds is 2.